The lowest BCUT2D eigenvalue weighted by atomic mass is 9.51. The van der Waals surface area contributed by atoms with Crippen LogP contribution < -0.4 is 0 Å². The Morgan fingerprint density at radius 2 is 2.07 bits per heavy atom. The summed E-state index contributed by atoms with van der Waals surface area (Å²) in [7, 11) is 0. The molecule has 7 heteroatoms. The maximum Gasteiger partial charge on any atom is 0.513 e. The van der Waals surface area contributed by atoms with Crippen LogP contribution in [0.15, 0.2) is 24.0 Å². The van der Waals surface area contributed by atoms with Gasteiger partial charge in [-0.1, -0.05) is 13.5 Å². The standard InChI is InChI=1S/C20H26O7/c1-6-9(2)24-18(23)25-13-8-14-20(5,27-14)16-15-11(10(3)17(22)26-15)7-12(21)19(13,16)4/h6,11-16,21H,3,7-8H2,1-2,4-5H3/t11-,12+,13-,14-,15-,16+,19-,20-/m0/s1. The quantitative estimate of drug-likeness (QED) is 0.341. The lowest BCUT2D eigenvalue weighted by molar-refractivity contribution is -0.197. The number of rotatable bonds is 2. The van der Waals surface area contributed by atoms with Gasteiger partial charge in [-0.15, -0.1) is 0 Å². The molecule has 8 atom stereocenters. The first kappa shape index (κ1) is 18.5. The summed E-state index contributed by atoms with van der Waals surface area (Å²) >= 11 is 0. The summed E-state index contributed by atoms with van der Waals surface area (Å²) in [5, 5.41) is 11.1. The van der Waals surface area contributed by atoms with Crippen molar-refractivity contribution in [3.63, 3.8) is 0 Å². The number of epoxide rings is 1. The van der Waals surface area contributed by atoms with Crippen molar-refractivity contribution in [3.05, 3.63) is 24.0 Å². The van der Waals surface area contributed by atoms with Crippen LogP contribution in [0.1, 0.15) is 40.5 Å². The molecule has 0 bridgehead atoms. The Morgan fingerprint density at radius 3 is 2.74 bits per heavy atom. The van der Waals surface area contributed by atoms with Gasteiger partial charge in [0, 0.05) is 29.2 Å². The van der Waals surface area contributed by atoms with Gasteiger partial charge in [-0.3, -0.25) is 0 Å². The Balaban J connectivity index is 1.66. The Labute approximate surface area is 158 Å². The van der Waals surface area contributed by atoms with Gasteiger partial charge in [-0.25, -0.2) is 9.59 Å². The molecule has 7 nitrogen and oxygen atoms in total. The fraction of sp³-hybridized carbons (Fsp3) is 0.700. The zero-order valence-electron chi connectivity index (χ0n) is 16.1. The summed E-state index contributed by atoms with van der Waals surface area (Å²) in [6.07, 6.45) is -0.286. The van der Waals surface area contributed by atoms with E-state index in [0.717, 1.165) is 0 Å². The third kappa shape index (κ3) is 2.48. The summed E-state index contributed by atoms with van der Waals surface area (Å²) in [5.74, 6) is -0.534. The second-order valence-corrected chi connectivity index (χ2v) is 8.48. The van der Waals surface area contributed by atoms with Crippen molar-refractivity contribution in [3.8, 4) is 0 Å². The highest BCUT2D eigenvalue weighted by Crippen LogP contribution is 2.66. The third-order valence-corrected chi connectivity index (χ3v) is 7.15. The highest BCUT2D eigenvalue weighted by molar-refractivity contribution is 5.91. The van der Waals surface area contributed by atoms with Gasteiger partial charge >= 0.3 is 12.1 Å². The van der Waals surface area contributed by atoms with Crippen LogP contribution in [0.5, 0.6) is 0 Å². The number of carbonyl (C=O) groups excluding carboxylic acids is 2. The largest absolute Gasteiger partial charge is 0.513 e. The summed E-state index contributed by atoms with van der Waals surface area (Å²) in [6, 6.07) is 0. The zero-order valence-corrected chi connectivity index (χ0v) is 16.1. The van der Waals surface area contributed by atoms with E-state index >= 15 is 0 Å². The molecule has 0 aromatic heterocycles. The molecule has 0 radical (unpaired) electrons. The number of hydrogen-bond acceptors (Lipinski definition) is 7. The van der Waals surface area contributed by atoms with E-state index in [0.29, 0.717) is 24.2 Å². The molecule has 0 aromatic rings. The second kappa shape index (κ2) is 5.82. The van der Waals surface area contributed by atoms with E-state index in [-0.39, 0.29) is 17.9 Å². The summed E-state index contributed by atoms with van der Waals surface area (Å²) in [5.41, 5.74) is -0.947. The first-order valence-corrected chi connectivity index (χ1v) is 9.40. The van der Waals surface area contributed by atoms with Crippen LogP contribution in [0, 0.1) is 17.3 Å². The number of allylic oxidation sites excluding steroid dienone is 2. The normalized spacial score (nSPS) is 48.1. The summed E-state index contributed by atoms with van der Waals surface area (Å²) < 4.78 is 22.4. The topological polar surface area (TPSA) is 94.6 Å². The average Bonchev–Trinajstić information content (AvgIpc) is 3.18. The van der Waals surface area contributed by atoms with Crippen molar-refractivity contribution in [1.29, 1.82) is 0 Å². The maximum absolute atomic E-state index is 12.2. The van der Waals surface area contributed by atoms with E-state index in [1.807, 2.05) is 13.8 Å². The first-order valence-electron chi connectivity index (χ1n) is 9.40. The van der Waals surface area contributed by atoms with Crippen molar-refractivity contribution >= 4 is 12.1 Å². The van der Waals surface area contributed by atoms with Gasteiger partial charge in [0.05, 0.1) is 17.8 Å². The molecular formula is C20H26O7. The third-order valence-electron chi connectivity index (χ3n) is 7.15. The molecule has 27 heavy (non-hydrogen) atoms. The first-order chi connectivity index (χ1) is 12.6. The molecule has 2 aliphatic carbocycles. The van der Waals surface area contributed by atoms with E-state index in [4.69, 9.17) is 18.9 Å². The minimum absolute atomic E-state index is 0.116. The van der Waals surface area contributed by atoms with Gasteiger partial charge in [-0.05, 0) is 33.3 Å². The van der Waals surface area contributed by atoms with E-state index in [1.165, 1.54) is 0 Å². The van der Waals surface area contributed by atoms with Crippen molar-refractivity contribution in [2.24, 2.45) is 17.3 Å². The van der Waals surface area contributed by atoms with Crippen LogP contribution in [-0.4, -0.2) is 47.2 Å². The van der Waals surface area contributed by atoms with E-state index in [1.54, 1.807) is 19.9 Å². The SMILES string of the molecule is C=C1C(=O)O[C@H]2[C@H]1C[C@@H](O)[C@@]1(C)[C@@H](OC(=O)OC(C)=CC)C[C@@H]3O[C@]3(C)[C@H]21. The molecule has 2 heterocycles. The summed E-state index contributed by atoms with van der Waals surface area (Å²) in [6.45, 7) is 11.1. The van der Waals surface area contributed by atoms with Crippen LogP contribution in [0.4, 0.5) is 4.79 Å². The van der Waals surface area contributed by atoms with Gasteiger partial charge in [0.2, 0.25) is 0 Å². The number of fused-ring (bicyclic) bond motifs is 5. The Morgan fingerprint density at radius 1 is 1.37 bits per heavy atom. The molecule has 1 N–H and O–H groups in total. The molecule has 2 aliphatic heterocycles. The van der Waals surface area contributed by atoms with Crippen LogP contribution >= 0.6 is 0 Å². The maximum atomic E-state index is 12.2. The lowest BCUT2D eigenvalue weighted by Gasteiger charge is -2.55. The average molecular weight is 378 g/mol. The Bertz CT molecular complexity index is 743. The van der Waals surface area contributed by atoms with Crippen LogP contribution in [0.25, 0.3) is 0 Å². The summed E-state index contributed by atoms with van der Waals surface area (Å²) in [4.78, 5) is 24.3. The number of carbonyl (C=O) groups is 2. The fourth-order valence-electron chi connectivity index (χ4n) is 5.40. The van der Waals surface area contributed by atoms with E-state index in [2.05, 4.69) is 6.58 Å². The molecular weight excluding hydrogens is 352 g/mol. The number of hydrogen-bond donors (Lipinski definition) is 1. The van der Waals surface area contributed by atoms with Gasteiger partial charge in [0.25, 0.3) is 0 Å². The van der Waals surface area contributed by atoms with Gasteiger partial charge in [-0.2, -0.15) is 0 Å². The Kier molecular flexibility index (Phi) is 3.99. The fourth-order valence-corrected chi connectivity index (χ4v) is 5.40. The second-order valence-electron chi connectivity index (χ2n) is 8.48. The van der Waals surface area contributed by atoms with E-state index < -0.39 is 41.5 Å². The van der Waals surface area contributed by atoms with Crippen molar-refractivity contribution in [2.75, 3.05) is 0 Å². The molecule has 0 aromatic carbocycles. The van der Waals surface area contributed by atoms with Gasteiger partial charge in [0.1, 0.15) is 18.0 Å². The van der Waals surface area contributed by atoms with Crippen molar-refractivity contribution in [1.82, 2.24) is 0 Å². The van der Waals surface area contributed by atoms with Crippen molar-refractivity contribution in [2.45, 2.75) is 70.6 Å². The zero-order chi connectivity index (χ0) is 19.7. The number of aliphatic hydroxyl groups excluding tert-OH is 1. The minimum atomic E-state index is -0.823. The molecule has 4 aliphatic rings. The molecule has 2 saturated carbocycles. The number of esters is 1. The highest BCUT2D eigenvalue weighted by atomic mass is 16.7. The Hall–Kier alpha value is -1.86. The molecule has 4 fully saturated rings. The molecule has 0 amide bonds. The van der Waals surface area contributed by atoms with Crippen molar-refractivity contribution < 1.29 is 33.6 Å². The number of ether oxygens (including phenoxy) is 4. The minimum Gasteiger partial charge on any atom is -0.458 e. The number of aliphatic hydroxyl groups is 1. The van der Waals surface area contributed by atoms with Crippen LogP contribution in [-0.2, 0) is 23.7 Å². The monoisotopic (exact) mass is 378 g/mol. The smallest absolute Gasteiger partial charge is 0.458 e. The lowest BCUT2D eigenvalue weighted by Crippen LogP contribution is -2.65. The van der Waals surface area contributed by atoms with Crippen LogP contribution in [0.2, 0.25) is 0 Å². The van der Waals surface area contributed by atoms with E-state index in [9.17, 15) is 14.7 Å². The molecule has 0 spiro atoms. The molecule has 2 saturated heterocycles. The predicted molar refractivity (Wildman–Crippen MR) is 93.4 cm³/mol. The molecule has 4 rings (SSSR count). The molecule has 148 valence electrons. The van der Waals surface area contributed by atoms with Gasteiger partial charge < -0.3 is 24.1 Å². The predicted octanol–water partition coefficient (Wildman–Crippen LogP) is 2.48. The van der Waals surface area contributed by atoms with Gasteiger partial charge in [0.15, 0.2) is 0 Å². The molecule has 0 unspecified atom stereocenters. The highest BCUT2D eigenvalue weighted by Gasteiger charge is 2.76. The van der Waals surface area contributed by atoms with Crippen LogP contribution in [0.3, 0.4) is 0 Å².